The lowest BCUT2D eigenvalue weighted by molar-refractivity contribution is 0.103. The molecule has 37 heavy (non-hydrogen) atoms. The Bertz CT molecular complexity index is 1490. The van der Waals surface area contributed by atoms with Crippen LogP contribution in [0.5, 0.6) is 0 Å². The van der Waals surface area contributed by atoms with Crippen LogP contribution in [-0.4, -0.2) is 43.1 Å². The fourth-order valence-corrected chi connectivity index (χ4v) is 4.06. The van der Waals surface area contributed by atoms with E-state index in [-0.39, 0.29) is 11.3 Å². The number of nitrogens with one attached hydrogen (secondary N) is 2. The van der Waals surface area contributed by atoms with Gasteiger partial charge in [0.25, 0.3) is 0 Å². The van der Waals surface area contributed by atoms with E-state index >= 15 is 0 Å². The van der Waals surface area contributed by atoms with Crippen molar-refractivity contribution in [3.8, 4) is 0 Å². The molecule has 0 unspecified atom stereocenters. The number of amides is 2. The van der Waals surface area contributed by atoms with Crippen molar-refractivity contribution in [3.63, 3.8) is 0 Å². The number of morpholine rings is 1. The van der Waals surface area contributed by atoms with Gasteiger partial charge in [-0.25, -0.2) is 18.0 Å². The van der Waals surface area contributed by atoms with Crippen LogP contribution in [0.2, 0.25) is 0 Å². The first-order valence-corrected chi connectivity index (χ1v) is 11.5. The monoisotopic (exact) mass is 506 g/mol. The Kier molecular flexibility index (Phi) is 6.74. The molecule has 5 rings (SSSR count). The molecule has 2 amide bonds. The summed E-state index contributed by atoms with van der Waals surface area (Å²) in [5, 5.41) is 5.48. The number of fused-ring (bicyclic) bond motifs is 1. The second-order valence-corrected chi connectivity index (χ2v) is 8.44. The number of pyridine rings is 1. The van der Waals surface area contributed by atoms with Crippen LogP contribution in [0, 0.1) is 17.5 Å². The summed E-state index contributed by atoms with van der Waals surface area (Å²) in [6, 6.07) is 12.7. The van der Waals surface area contributed by atoms with E-state index < -0.39 is 34.8 Å². The maximum Gasteiger partial charge on any atom is 0.323 e. The first-order chi connectivity index (χ1) is 17.9. The molecule has 0 bridgehead atoms. The van der Waals surface area contributed by atoms with Crippen molar-refractivity contribution in [1.82, 2.24) is 4.98 Å². The topological polar surface area (TPSA) is 83.6 Å². The van der Waals surface area contributed by atoms with Crippen LogP contribution in [0.4, 0.5) is 35.0 Å². The van der Waals surface area contributed by atoms with E-state index in [9.17, 15) is 22.8 Å². The highest BCUT2D eigenvalue weighted by molar-refractivity contribution is 6.11. The third-order valence-corrected chi connectivity index (χ3v) is 5.94. The van der Waals surface area contributed by atoms with E-state index in [1.807, 2.05) is 6.07 Å². The van der Waals surface area contributed by atoms with E-state index in [4.69, 9.17) is 4.74 Å². The van der Waals surface area contributed by atoms with E-state index in [1.54, 1.807) is 18.3 Å². The summed E-state index contributed by atoms with van der Waals surface area (Å²) in [7, 11) is 0. The lowest BCUT2D eigenvalue weighted by Gasteiger charge is -2.28. The molecule has 1 aliphatic rings. The molecule has 0 radical (unpaired) electrons. The summed E-state index contributed by atoms with van der Waals surface area (Å²) in [6.07, 6.45) is 1.75. The number of urea groups is 1. The third-order valence-electron chi connectivity index (χ3n) is 5.94. The van der Waals surface area contributed by atoms with Gasteiger partial charge in [-0.2, -0.15) is 0 Å². The number of ether oxygens (including phenoxy) is 1. The molecule has 0 aliphatic carbocycles. The van der Waals surface area contributed by atoms with Gasteiger partial charge in [-0.3, -0.25) is 9.78 Å². The zero-order valence-electron chi connectivity index (χ0n) is 19.4. The second-order valence-electron chi connectivity index (χ2n) is 8.44. The maximum absolute atomic E-state index is 14.7. The van der Waals surface area contributed by atoms with Crippen LogP contribution in [0.25, 0.3) is 10.9 Å². The van der Waals surface area contributed by atoms with Gasteiger partial charge in [-0.1, -0.05) is 0 Å². The van der Waals surface area contributed by atoms with Gasteiger partial charge in [-0.15, -0.1) is 0 Å². The molecule has 1 saturated heterocycles. The Balaban J connectivity index is 1.39. The van der Waals surface area contributed by atoms with Crippen molar-refractivity contribution >= 4 is 39.8 Å². The number of hydrogen-bond acceptors (Lipinski definition) is 5. The summed E-state index contributed by atoms with van der Waals surface area (Å²) in [5.74, 6) is -3.84. The van der Waals surface area contributed by atoms with Crippen LogP contribution in [0.15, 0.2) is 66.9 Å². The molecule has 0 saturated carbocycles. The number of rotatable bonds is 5. The van der Waals surface area contributed by atoms with E-state index in [0.29, 0.717) is 42.9 Å². The summed E-state index contributed by atoms with van der Waals surface area (Å²) in [4.78, 5) is 32.0. The van der Waals surface area contributed by atoms with Crippen molar-refractivity contribution in [3.05, 3.63) is 95.4 Å². The van der Waals surface area contributed by atoms with Crippen molar-refractivity contribution in [2.75, 3.05) is 41.8 Å². The number of carbonyl (C=O) groups excluding carboxylic acids is 2. The molecule has 10 heteroatoms. The molecule has 1 aliphatic heterocycles. The number of anilines is 3. The lowest BCUT2D eigenvalue weighted by atomic mass is 10.00. The summed E-state index contributed by atoms with van der Waals surface area (Å²) >= 11 is 0. The van der Waals surface area contributed by atoms with Crippen molar-refractivity contribution in [2.24, 2.45) is 0 Å². The van der Waals surface area contributed by atoms with Crippen molar-refractivity contribution < 1.29 is 27.5 Å². The number of hydrogen-bond donors (Lipinski definition) is 2. The minimum atomic E-state index is -1.32. The molecule has 7 nitrogen and oxygen atoms in total. The molecule has 0 atom stereocenters. The van der Waals surface area contributed by atoms with Gasteiger partial charge in [0.05, 0.1) is 36.2 Å². The Labute approximate surface area is 209 Å². The first kappa shape index (κ1) is 24.3. The smallest absolute Gasteiger partial charge is 0.323 e. The quantitative estimate of drug-likeness (QED) is 0.356. The number of ketones is 1. The van der Waals surface area contributed by atoms with Gasteiger partial charge in [0.1, 0.15) is 5.82 Å². The highest BCUT2D eigenvalue weighted by Crippen LogP contribution is 2.26. The standard InChI is InChI=1S/C27H21F3N4O3/c28-18-2-4-19(5-3-18)32-27(36)33-20-13-22(25(30)23(29)14-20)26(35)16-1-6-24-17(11-16)12-21(15-31-24)34-7-9-37-10-8-34/h1-6,11-15H,7-10H2,(H2,32,33,36). The second kappa shape index (κ2) is 10.3. The van der Waals surface area contributed by atoms with E-state index in [2.05, 4.69) is 20.5 Å². The number of halogens is 3. The minimum Gasteiger partial charge on any atom is -0.378 e. The number of benzene rings is 3. The van der Waals surface area contributed by atoms with Gasteiger partial charge >= 0.3 is 6.03 Å². The highest BCUT2D eigenvalue weighted by atomic mass is 19.2. The van der Waals surface area contributed by atoms with Gasteiger partial charge in [0.2, 0.25) is 0 Å². The lowest BCUT2D eigenvalue weighted by Crippen LogP contribution is -2.36. The van der Waals surface area contributed by atoms with Crippen LogP contribution >= 0.6 is 0 Å². The van der Waals surface area contributed by atoms with Crippen molar-refractivity contribution in [1.29, 1.82) is 0 Å². The molecular weight excluding hydrogens is 485 g/mol. The Morgan fingerprint density at radius 2 is 1.59 bits per heavy atom. The molecule has 2 heterocycles. The number of carbonyl (C=O) groups is 2. The molecule has 4 aromatic rings. The normalized spacial score (nSPS) is 13.4. The van der Waals surface area contributed by atoms with Crippen LogP contribution in [0.3, 0.4) is 0 Å². The summed E-state index contributed by atoms with van der Waals surface area (Å²) in [5.41, 5.74) is 1.29. The predicted octanol–water partition coefficient (Wildman–Crippen LogP) is 5.36. The van der Waals surface area contributed by atoms with Crippen LogP contribution in [-0.2, 0) is 4.74 Å². The van der Waals surface area contributed by atoms with Crippen LogP contribution < -0.4 is 15.5 Å². The van der Waals surface area contributed by atoms with Crippen LogP contribution in [0.1, 0.15) is 15.9 Å². The molecule has 188 valence electrons. The first-order valence-electron chi connectivity index (χ1n) is 11.5. The van der Waals surface area contributed by atoms with Gasteiger partial charge in [-0.05, 0) is 54.6 Å². The zero-order valence-corrected chi connectivity index (χ0v) is 19.4. The largest absolute Gasteiger partial charge is 0.378 e. The molecule has 3 aromatic carbocycles. The third kappa shape index (κ3) is 5.39. The van der Waals surface area contributed by atoms with Gasteiger partial charge < -0.3 is 20.3 Å². The predicted molar refractivity (Wildman–Crippen MR) is 134 cm³/mol. The molecule has 0 spiro atoms. The summed E-state index contributed by atoms with van der Waals surface area (Å²) < 4.78 is 47.5. The molecular formula is C27H21F3N4O3. The summed E-state index contributed by atoms with van der Waals surface area (Å²) in [6.45, 7) is 2.64. The fraction of sp³-hybridized carbons (Fsp3) is 0.148. The van der Waals surface area contributed by atoms with E-state index in [1.165, 1.54) is 18.2 Å². The Hall–Kier alpha value is -4.44. The minimum absolute atomic E-state index is 0.126. The SMILES string of the molecule is O=C(Nc1ccc(F)cc1)Nc1cc(F)c(F)c(C(=O)c2ccc3ncc(N4CCOCC4)cc3c2)c1. The average molecular weight is 506 g/mol. The number of nitrogens with zero attached hydrogens (tertiary/aromatic N) is 2. The van der Waals surface area contributed by atoms with Crippen molar-refractivity contribution in [2.45, 2.75) is 0 Å². The van der Waals surface area contributed by atoms with Gasteiger partial charge in [0.15, 0.2) is 17.4 Å². The van der Waals surface area contributed by atoms with E-state index in [0.717, 1.165) is 30.0 Å². The average Bonchev–Trinajstić information content (AvgIpc) is 2.91. The van der Waals surface area contributed by atoms with Gasteiger partial charge in [0, 0.05) is 41.5 Å². The fourth-order valence-electron chi connectivity index (χ4n) is 4.06. The molecule has 1 aromatic heterocycles. The highest BCUT2D eigenvalue weighted by Gasteiger charge is 2.21. The number of aromatic nitrogens is 1. The Morgan fingerprint density at radius 1 is 0.865 bits per heavy atom. The zero-order chi connectivity index (χ0) is 25.9. The molecule has 1 fully saturated rings. The Morgan fingerprint density at radius 3 is 2.35 bits per heavy atom. The molecule has 2 N–H and O–H groups in total. The maximum atomic E-state index is 14.7.